The van der Waals surface area contributed by atoms with Crippen molar-refractivity contribution in [3.63, 3.8) is 0 Å². The zero-order valence-electron chi connectivity index (χ0n) is 14.3. The Labute approximate surface area is 138 Å². The van der Waals surface area contributed by atoms with E-state index in [1.165, 1.54) is 42.4 Å². The number of pyridine rings is 1. The molecule has 1 saturated carbocycles. The smallest absolute Gasteiger partial charge is 0.129 e. The Hall–Kier alpha value is -1.84. The van der Waals surface area contributed by atoms with Gasteiger partial charge in [-0.25, -0.2) is 4.98 Å². The Balaban J connectivity index is 1.61. The maximum Gasteiger partial charge on any atom is 0.129 e. The molecule has 0 spiro atoms. The number of aryl methyl sites for hydroxylation is 1. The van der Waals surface area contributed by atoms with Crippen molar-refractivity contribution >= 4 is 5.82 Å². The Bertz CT molecular complexity index is 706. The van der Waals surface area contributed by atoms with E-state index in [2.05, 4.69) is 42.7 Å². The normalized spacial score (nSPS) is 23.5. The second-order valence-corrected chi connectivity index (χ2v) is 8.03. The molecule has 2 aromatic heterocycles. The van der Waals surface area contributed by atoms with Crippen molar-refractivity contribution in [1.29, 1.82) is 0 Å². The SMILES string of the molecule is Cn1cc(C2CNc3ncc(C4CCC(C)(C)CC4)cc32)cn1. The second kappa shape index (κ2) is 5.36. The van der Waals surface area contributed by atoms with Crippen LogP contribution in [0.3, 0.4) is 0 Å². The highest BCUT2D eigenvalue weighted by Crippen LogP contribution is 2.44. The van der Waals surface area contributed by atoms with E-state index < -0.39 is 0 Å². The fraction of sp³-hybridized carbons (Fsp3) is 0.579. The molecule has 0 aromatic carbocycles. The van der Waals surface area contributed by atoms with Gasteiger partial charge in [-0.1, -0.05) is 13.8 Å². The molecule has 2 aromatic rings. The summed E-state index contributed by atoms with van der Waals surface area (Å²) in [5, 5.41) is 7.78. The molecule has 0 radical (unpaired) electrons. The predicted molar refractivity (Wildman–Crippen MR) is 92.8 cm³/mol. The maximum atomic E-state index is 4.71. The first kappa shape index (κ1) is 14.7. The Morgan fingerprint density at radius 2 is 1.96 bits per heavy atom. The van der Waals surface area contributed by atoms with Crippen LogP contribution in [0, 0.1) is 5.41 Å². The zero-order valence-corrected chi connectivity index (χ0v) is 14.3. The summed E-state index contributed by atoms with van der Waals surface area (Å²) in [6.07, 6.45) is 11.4. The van der Waals surface area contributed by atoms with Gasteiger partial charge in [-0.3, -0.25) is 4.68 Å². The van der Waals surface area contributed by atoms with Crippen LogP contribution in [0.15, 0.2) is 24.7 Å². The molecule has 0 amide bonds. The number of hydrogen-bond donors (Lipinski definition) is 1. The van der Waals surface area contributed by atoms with Crippen molar-refractivity contribution in [2.24, 2.45) is 12.5 Å². The molecule has 2 aliphatic rings. The van der Waals surface area contributed by atoms with Crippen LogP contribution >= 0.6 is 0 Å². The van der Waals surface area contributed by atoms with Gasteiger partial charge < -0.3 is 5.32 Å². The highest BCUT2D eigenvalue weighted by molar-refractivity contribution is 5.56. The molecule has 1 N–H and O–H groups in total. The van der Waals surface area contributed by atoms with Crippen LogP contribution in [0.2, 0.25) is 0 Å². The maximum absolute atomic E-state index is 4.71. The molecule has 4 nitrogen and oxygen atoms in total. The minimum Gasteiger partial charge on any atom is -0.369 e. The van der Waals surface area contributed by atoms with Gasteiger partial charge in [0, 0.05) is 37.5 Å². The van der Waals surface area contributed by atoms with Gasteiger partial charge in [0.2, 0.25) is 0 Å². The molecule has 1 aliphatic carbocycles. The van der Waals surface area contributed by atoms with E-state index in [1.807, 2.05) is 17.9 Å². The molecule has 1 atom stereocenters. The van der Waals surface area contributed by atoms with Crippen LogP contribution in [0.5, 0.6) is 0 Å². The van der Waals surface area contributed by atoms with Crippen LogP contribution < -0.4 is 5.32 Å². The summed E-state index contributed by atoms with van der Waals surface area (Å²) in [6.45, 7) is 5.72. The lowest BCUT2D eigenvalue weighted by Gasteiger charge is -2.34. The van der Waals surface area contributed by atoms with E-state index in [0.717, 1.165) is 12.4 Å². The van der Waals surface area contributed by atoms with E-state index in [1.54, 1.807) is 0 Å². The molecule has 1 unspecified atom stereocenters. The van der Waals surface area contributed by atoms with Crippen LogP contribution in [0.1, 0.15) is 68.1 Å². The third kappa shape index (κ3) is 2.75. The highest BCUT2D eigenvalue weighted by Gasteiger charge is 2.30. The average molecular weight is 310 g/mol. The quantitative estimate of drug-likeness (QED) is 0.909. The monoisotopic (exact) mass is 310 g/mol. The van der Waals surface area contributed by atoms with Gasteiger partial charge in [-0.05, 0) is 54.2 Å². The fourth-order valence-corrected chi connectivity index (χ4v) is 4.09. The second-order valence-electron chi connectivity index (χ2n) is 8.03. The third-order valence-corrected chi connectivity index (χ3v) is 5.73. The molecule has 0 saturated heterocycles. The lowest BCUT2D eigenvalue weighted by atomic mass is 9.71. The van der Waals surface area contributed by atoms with Crippen molar-refractivity contribution in [1.82, 2.24) is 14.8 Å². The molecular formula is C19H26N4. The summed E-state index contributed by atoms with van der Waals surface area (Å²) >= 11 is 0. The van der Waals surface area contributed by atoms with Crippen LogP contribution in [0.25, 0.3) is 0 Å². The lowest BCUT2D eigenvalue weighted by molar-refractivity contribution is 0.224. The van der Waals surface area contributed by atoms with Crippen molar-refractivity contribution in [3.05, 3.63) is 41.3 Å². The minimum absolute atomic E-state index is 0.381. The molecule has 4 rings (SSSR count). The number of nitrogens with one attached hydrogen (secondary N) is 1. The summed E-state index contributed by atoms with van der Waals surface area (Å²) in [5.74, 6) is 2.11. The fourth-order valence-electron chi connectivity index (χ4n) is 4.09. The number of anilines is 1. The number of aromatic nitrogens is 3. The number of nitrogens with zero attached hydrogens (tertiary/aromatic N) is 3. The van der Waals surface area contributed by atoms with Crippen molar-refractivity contribution < 1.29 is 0 Å². The number of fused-ring (bicyclic) bond motifs is 1. The Morgan fingerprint density at radius 3 is 2.65 bits per heavy atom. The highest BCUT2D eigenvalue weighted by atomic mass is 15.2. The molecule has 1 aliphatic heterocycles. The third-order valence-electron chi connectivity index (χ3n) is 5.73. The first-order chi connectivity index (χ1) is 11.0. The summed E-state index contributed by atoms with van der Waals surface area (Å²) in [5.41, 5.74) is 4.57. The summed E-state index contributed by atoms with van der Waals surface area (Å²) in [6, 6.07) is 2.41. The standard InChI is InChI=1S/C19H26N4/c1-19(2)6-4-13(5-7-19)14-8-16-17(11-21-18(16)20-9-14)15-10-22-23(3)12-15/h8-10,12-13,17H,4-7,11H2,1-3H3,(H,20,21). The summed E-state index contributed by atoms with van der Waals surface area (Å²) < 4.78 is 1.88. The van der Waals surface area contributed by atoms with Crippen LogP contribution in [-0.4, -0.2) is 21.3 Å². The van der Waals surface area contributed by atoms with Gasteiger partial charge in [0.1, 0.15) is 5.82 Å². The van der Waals surface area contributed by atoms with Gasteiger partial charge in [0.25, 0.3) is 0 Å². The molecule has 4 heteroatoms. The molecule has 1 fully saturated rings. The van der Waals surface area contributed by atoms with Crippen molar-refractivity contribution in [2.75, 3.05) is 11.9 Å². The van der Waals surface area contributed by atoms with E-state index in [4.69, 9.17) is 4.98 Å². The van der Waals surface area contributed by atoms with Gasteiger partial charge >= 0.3 is 0 Å². The van der Waals surface area contributed by atoms with Crippen molar-refractivity contribution in [3.8, 4) is 0 Å². The van der Waals surface area contributed by atoms with Crippen LogP contribution in [-0.2, 0) is 7.05 Å². The van der Waals surface area contributed by atoms with E-state index in [9.17, 15) is 0 Å². The Morgan fingerprint density at radius 1 is 1.17 bits per heavy atom. The first-order valence-electron chi connectivity index (χ1n) is 8.74. The number of hydrogen-bond acceptors (Lipinski definition) is 3. The van der Waals surface area contributed by atoms with Crippen molar-refractivity contribution in [2.45, 2.75) is 51.4 Å². The van der Waals surface area contributed by atoms with Gasteiger partial charge in [0.05, 0.1) is 6.20 Å². The summed E-state index contributed by atoms with van der Waals surface area (Å²) in [7, 11) is 1.98. The summed E-state index contributed by atoms with van der Waals surface area (Å²) in [4.78, 5) is 4.71. The topological polar surface area (TPSA) is 42.7 Å². The number of rotatable bonds is 2. The van der Waals surface area contributed by atoms with Gasteiger partial charge in [0.15, 0.2) is 0 Å². The van der Waals surface area contributed by atoms with E-state index in [-0.39, 0.29) is 0 Å². The largest absolute Gasteiger partial charge is 0.369 e. The van der Waals surface area contributed by atoms with Crippen LogP contribution in [0.4, 0.5) is 5.82 Å². The van der Waals surface area contributed by atoms with E-state index >= 15 is 0 Å². The molecule has 122 valence electrons. The minimum atomic E-state index is 0.381. The average Bonchev–Trinajstić information content (AvgIpc) is 3.12. The van der Waals surface area contributed by atoms with Gasteiger partial charge in [-0.15, -0.1) is 0 Å². The predicted octanol–water partition coefficient (Wildman–Crippen LogP) is 4.06. The lowest BCUT2D eigenvalue weighted by Crippen LogP contribution is -2.20. The molecular weight excluding hydrogens is 284 g/mol. The first-order valence-corrected chi connectivity index (χ1v) is 8.74. The zero-order chi connectivity index (χ0) is 16.0. The molecule has 23 heavy (non-hydrogen) atoms. The van der Waals surface area contributed by atoms with E-state index in [0.29, 0.717) is 17.3 Å². The Kier molecular flexibility index (Phi) is 3.43. The van der Waals surface area contributed by atoms with Gasteiger partial charge in [-0.2, -0.15) is 5.10 Å². The molecule has 0 bridgehead atoms. The molecule has 3 heterocycles.